The predicted molar refractivity (Wildman–Crippen MR) is 114 cm³/mol. The van der Waals surface area contributed by atoms with E-state index in [0.29, 0.717) is 10.8 Å². The minimum Gasteiger partial charge on any atom is -0.481 e. The lowest BCUT2D eigenvalue weighted by Gasteiger charge is -2.20. The van der Waals surface area contributed by atoms with Gasteiger partial charge in [-0.25, -0.2) is 0 Å². The van der Waals surface area contributed by atoms with Gasteiger partial charge in [0.05, 0.1) is 0 Å². The van der Waals surface area contributed by atoms with Gasteiger partial charge in [0.15, 0.2) is 11.2 Å². The molecular formula is C20H24ClN3O2S. The SMILES string of the molecule is C[C@@H](Oc1ccc(C(C)(C)C)cc1)C(=O)NNC(=S)Nc1ccc(Cl)cc1. The monoisotopic (exact) mass is 405 g/mol. The fourth-order valence-electron chi connectivity index (χ4n) is 2.21. The number of hydrogen-bond donors (Lipinski definition) is 3. The van der Waals surface area contributed by atoms with Crippen LogP contribution in [0.5, 0.6) is 5.75 Å². The highest BCUT2D eigenvalue weighted by molar-refractivity contribution is 7.80. The first-order chi connectivity index (χ1) is 12.6. The van der Waals surface area contributed by atoms with Gasteiger partial charge < -0.3 is 10.1 Å². The van der Waals surface area contributed by atoms with Gasteiger partial charge in [-0.15, -0.1) is 0 Å². The molecule has 0 spiro atoms. The Morgan fingerprint density at radius 2 is 1.63 bits per heavy atom. The van der Waals surface area contributed by atoms with E-state index in [0.717, 1.165) is 5.69 Å². The quantitative estimate of drug-likeness (QED) is 0.519. The van der Waals surface area contributed by atoms with Gasteiger partial charge in [-0.05, 0) is 66.5 Å². The number of hydrazine groups is 1. The molecule has 27 heavy (non-hydrogen) atoms. The van der Waals surface area contributed by atoms with Gasteiger partial charge >= 0.3 is 0 Å². The minimum atomic E-state index is -0.684. The first kappa shape index (κ1) is 21.0. The summed E-state index contributed by atoms with van der Waals surface area (Å²) in [5.41, 5.74) is 7.20. The topological polar surface area (TPSA) is 62.4 Å². The number of nitrogens with one attached hydrogen (secondary N) is 3. The van der Waals surface area contributed by atoms with Crippen LogP contribution in [0, 0.1) is 0 Å². The van der Waals surface area contributed by atoms with Crippen LogP contribution < -0.4 is 20.9 Å². The van der Waals surface area contributed by atoms with E-state index in [4.69, 9.17) is 28.6 Å². The third-order valence-corrected chi connectivity index (χ3v) is 4.26. The van der Waals surface area contributed by atoms with E-state index in [9.17, 15) is 4.79 Å². The highest BCUT2D eigenvalue weighted by Crippen LogP contribution is 2.24. The Hall–Kier alpha value is -2.31. The second-order valence-electron chi connectivity index (χ2n) is 7.11. The highest BCUT2D eigenvalue weighted by atomic mass is 35.5. The molecule has 2 aromatic rings. The maximum atomic E-state index is 12.2. The van der Waals surface area contributed by atoms with Crippen molar-refractivity contribution in [2.75, 3.05) is 5.32 Å². The summed E-state index contributed by atoms with van der Waals surface area (Å²) in [5, 5.41) is 3.83. The van der Waals surface area contributed by atoms with Gasteiger partial charge in [0, 0.05) is 10.7 Å². The molecule has 0 saturated heterocycles. The standard InChI is InChI=1S/C20H24ClN3O2S/c1-13(26-17-11-5-14(6-12-17)20(2,3)4)18(25)23-24-19(27)22-16-9-7-15(21)8-10-16/h5-13H,1-4H3,(H,23,25)(H2,22,24,27)/t13-/m1/s1. The fourth-order valence-corrected chi connectivity index (χ4v) is 2.50. The lowest BCUT2D eigenvalue weighted by Crippen LogP contribution is -2.48. The van der Waals surface area contributed by atoms with Crippen molar-refractivity contribution in [2.45, 2.75) is 39.2 Å². The van der Waals surface area contributed by atoms with Crippen molar-refractivity contribution < 1.29 is 9.53 Å². The van der Waals surface area contributed by atoms with E-state index in [1.165, 1.54) is 5.56 Å². The van der Waals surface area contributed by atoms with Crippen LogP contribution >= 0.6 is 23.8 Å². The van der Waals surface area contributed by atoms with Crippen LogP contribution in [-0.4, -0.2) is 17.1 Å². The van der Waals surface area contributed by atoms with Gasteiger partial charge in [-0.3, -0.25) is 15.6 Å². The van der Waals surface area contributed by atoms with Crippen molar-refractivity contribution in [1.82, 2.24) is 10.9 Å². The Kier molecular flexibility index (Phi) is 7.05. The summed E-state index contributed by atoms with van der Waals surface area (Å²) >= 11 is 11.0. The smallest absolute Gasteiger partial charge is 0.279 e. The van der Waals surface area contributed by atoms with E-state index in [-0.39, 0.29) is 16.4 Å². The van der Waals surface area contributed by atoms with Crippen molar-refractivity contribution in [3.63, 3.8) is 0 Å². The van der Waals surface area contributed by atoms with Gasteiger partial charge in [0.2, 0.25) is 0 Å². The van der Waals surface area contributed by atoms with Crippen LogP contribution in [0.25, 0.3) is 0 Å². The Bertz CT molecular complexity index is 786. The van der Waals surface area contributed by atoms with Gasteiger partial charge in [-0.1, -0.05) is 44.5 Å². The van der Waals surface area contributed by atoms with Crippen LogP contribution in [0.1, 0.15) is 33.3 Å². The first-order valence-corrected chi connectivity index (χ1v) is 9.33. The van der Waals surface area contributed by atoms with Crippen LogP contribution in [0.3, 0.4) is 0 Å². The van der Waals surface area contributed by atoms with E-state index in [1.807, 2.05) is 24.3 Å². The summed E-state index contributed by atoms with van der Waals surface area (Å²) in [6.07, 6.45) is -0.684. The molecule has 0 radical (unpaired) electrons. The van der Waals surface area contributed by atoms with Crippen molar-refractivity contribution >= 4 is 40.5 Å². The number of amides is 1. The number of benzene rings is 2. The summed E-state index contributed by atoms with van der Waals surface area (Å²) in [4.78, 5) is 12.2. The molecule has 1 amide bonds. The molecule has 0 heterocycles. The molecule has 0 aliphatic rings. The Labute approximate surface area is 170 Å². The van der Waals surface area contributed by atoms with Crippen LogP contribution in [0.15, 0.2) is 48.5 Å². The molecule has 0 aliphatic carbocycles. The molecule has 3 N–H and O–H groups in total. The van der Waals surface area contributed by atoms with Gasteiger partial charge in [0.25, 0.3) is 5.91 Å². The lowest BCUT2D eigenvalue weighted by atomic mass is 9.87. The normalized spacial score (nSPS) is 12.0. The molecule has 2 aromatic carbocycles. The number of rotatable bonds is 4. The van der Waals surface area contributed by atoms with E-state index in [1.54, 1.807) is 31.2 Å². The largest absolute Gasteiger partial charge is 0.481 e. The molecular weight excluding hydrogens is 382 g/mol. The molecule has 5 nitrogen and oxygen atoms in total. The molecule has 0 aromatic heterocycles. The molecule has 7 heteroatoms. The van der Waals surface area contributed by atoms with E-state index in [2.05, 4.69) is 36.9 Å². The number of anilines is 1. The number of carbonyl (C=O) groups excluding carboxylic acids is 1. The average Bonchev–Trinajstić information content (AvgIpc) is 2.61. The maximum absolute atomic E-state index is 12.2. The summed E-state index contributed by atoms with van der Waals surface area (Å²) in [6.45, 7) is 8.10. The molecule has 2 rings (SSSR count). The molecule has 0 bridgehead atoms. The Balaban J connectivity index is 1.81. The molecule has 0 unspecified atom stereocenters. The number of ether oxygens (including phenoxy) is 1. The van der Waals surface area contributed by atoms with E-state index < -0.39 is 6.10 Å². The highest BCUT2D eigenvalue weighted by Gasteiger charge is 2.16. The molecule has 1 atom stereocenters. The average molecular weight is 406 g/mol. The zero-order valence-corrected chi connectivity index (χ0v) is 17.4. The summed E-state index contributed by atoms with van der Waals surface area (Å²) in [5.74, 6) is 0.294. The second-order valence-corrected chi connectivity index (χ2v) is 7.95. The summed E-state index contributed by atoms with van der Waals surface area (Å²) in [6, 6.07) is 14.8. The Morgan fingerprint density at radius 1 is 1.04 bits per heavy atom. The number of carbonyl (C=O) groups is 1. The van der Waals surface area contributed by atoms with Crippen molar-refractivity contribution in [3.05, 3.63) is 59.1 Å². The van der Waals surface area contributed by atoms with Crippen LogP contribution in [-0.2, 0) is 10.2 Å². The second kappa shape index (κ2) is 9.06. The third-order valence-electron chi connectivity index (χ3n) is 3.80. The van der Waals surface area contributed by atoms with Crippen molar-refractivity contribution in [2.24, 2.45) is 0 Å². The van der Waals surface area contributed by atoms with Crippen molar-refractivity contribution in [1.29, 1.82) is 0 Å². The van der Waals surface area contributed by atoms with Gasteiger partial charge in [0.1, 0.15) is 5.75 Å². The third kappa shape index (κ3) is 6.73. The van der Waals surface area contributed by atoms with Crippen LogP contribution in [0.2, 0.25) is 5.02 Å². The summed E-state index contributed by atoms with van der Waals surface area (Å²) < 4.78 is 5.68. The lowest BCUT2D eigenvalue weighted by molar-refractivity contribution is -0.127. The number of thiocarbonyl (C=S) groups is 1. The number of halogens is 1. The predicted octanol–water partition coefficient (Wildman–Crippen LogP) is 4.42. The zero-order chi connectivity index (χ0) is 20.0. The maximum Gasteiger partial charge on any atom is 0.279 e. The van der Waals surface area contributed by atoms with Crippen molar-refractivity contribution in [3.8, 4) is 5.75 Å². The molecule has 144 valence electrons. The molecule has 0 aliphatic heterocycles. The molecule has 0 saturated carbocycles. The van der Waals surface area contributed by atoms with Crippen LogP contribution in [0.4, 0.5) is 5.69 Å². The summed E-state index contributed by atoms with van der Waals surface area (Å²) in [7, 11) is 0. The molecule has 0 fully saturated rings. The number of hydrogen-bond acceptors (Lipinski definition) is 3. The minimum absolute atomic E-state index is 0.0677. The fraction of sp³-hybridized carbons (Fsp3) is 0.300. The van der Waals surface area contributed by atoms with Gasteiger partial charge in [-0.2, -0.15) is 0 Å². The zero-order valence-electron chi connectivity index (χ0n) is 15.8. The van der Waals surface area contributed by atoms with E-state index >= 15 is 0 Å². The Morgan fingerprint density at radius 3 is 2.19 bits per heavy atom. The first-order valence-electron chi connectivity index (χ1n) is 8.55.